The number of hydrogen-bond donors (Lipinski definition) is 1. The van der Waals surface area contributed by atoms with Gasteiger partial charge in [-0.3, -0.25) is 9.36 Å². The summed E-state index contributed by atoms with van der Waals surface area (Å²) in [6.07, 6.45) is 10.9. The van der Waals surface area contributed by atoms with Crippen molar-refractivity contribution < 1.29 is 4.57 Å². The molecule has 0 bridgehead atoms. The van der Waals surface area contributed by atoms with Crippen LogP contribution in [0.1, 0.15) is 61.9 Å². The van der Waals surface area contributed by atoms with Gasteiger partial charge in [0.2, 0.25) is 0 Å². The lowest BCUT2D eigenvalue weighted by molar-refractivity contribution is -0.713. The average Bonchev–Trinajstić information content (AvgIpc) is 3.00. The molecule has 2 aromatic heterocycles. The van der Waals surface area contributed by atoms with Crippen LogP contribution in [0.4, 0.5) is 0 Å². The Labute approximate surface area is 134 Å². The smallest absolute Gasteiger partial charge is 0.305 e. The third-order valence-corrected chi connectivity index (χ3v) is 5.30. The van der Waals surface area contributed by atoms with Gasteiger partial charge in [0.15, 0.2) is 18.4 Å². The molecule has 5 heteroatoms. The lowest BCUT2D eigenvalue weighted by atomic mass is 9.95. The highest BCUT2D eigenvalue weighted by Gasteiger charge is 2.34. The topological polar surface area (TPSA) is 58.7 Å². The van der Waals surface area contributed by atoms with Crippen LogP contribution in [0.5, 0.6) is 0 Å². The molecule has 0 saturated heterocycles. The van der Waals surface area contributed by atoms with E-state index in [-0.39, 0.29) is 23.3 Å². The van der Waals surface area contributed by atoms with Crippen molar-refractivity contribution in [1.82, 2.24) is 9.55 Å². The number of aromatic amines is 1. The summed E-state index contributed by atoms with van der Waals surface area (Å²) in [6, 6.07) is 6.05. The molecule has 1 saturated carbocycles. The van der Waals surface area contributed by atoms with Crippen LogP contribution >= 0.6 is 0 Å². The summed E-state index contributed by atoms with van der Waals surface area (Å²) >= 11 is 0. The summed E-state index contributed by atoms with van der Waals surface area (Å²) in [5, 5.41) is 0. The summed E-state index contributed by atoms with van der Waals surface area (Å²) in [4.78, 5) is 28.5. The van der Waals surface area contributed by atoms with Gasteiger partial charge in [0.05, 0.1) is 5.69 Å². The molecule has 120 valence electrons. The van der Waals surface area contributed by atoms with Gasteiger partial charge >= 0.3 is 5.69 Å². The fraction of sp³-hybridized carbons (Fsp3) is 0.500. The van der Waals surface area contributed by atoms with Gasteiger partial charge in [0, 0.05) is 30.2 Å². The van der Waals surface area contributed by atoms with E-state index in [1.165, 1.54) is 11.0 Å². The minimum atomic E-state index is -0.232. The Morgan fingerprint density at radius 1 is 1.00 bits per heavy atom. The maximum Gasteiger partial charge on any atom is 0.329 e. The van der Waals surface area contributed by atoms with E-state index in [1.54, 1.807) is 0 Å². The standard InChI is InChI=1S/C18H21N3O2/c22-17-14-9-10-15(20-11-5-2-6-12-20)16(14)19-18(23)21(17)13-7-3-1-4-8-13/h2,5-6,11-13,15H,1,3-4,7-10H2/p+1. The molecule has 1 atom stereocenters. The average molecular weight is 312 g/mol. The molecule has 0 aliphatic heterocycles. The number of hydrogen-bond acceptors (Lipinski definition) is 2. The minimum Gasteiger partial charge on any atom is -0.305 e. The molecule has 2 aromatic rings. The summed E-state index contributed by atoms with van der Waals surface area (Å²) in [5.41, 5.74) is 1.32. The van der Waals surface area contributed by atoms with E-state index in [0.717, 1.165) is 49.8 Å². The van der Waals surface area contributed by atoms with E-state index in [9.17, 15) is 9.59 Å². The molecule has 0 radical (unpaired) electrons. The van der Waals surface area contributed by atoms with E-state index in [1.807, 2.05) is 30.6 Å². The van der Waals surface area contributed by atoms with Crippen molar-refractivity contribution in [3.8, 4) is 0 Å². The number of rotatable bonds is 2. The van der Waals surface area contributed by atoms with Crippen molar-refractivity contribution in [2.75, 3.05) is 0 Å². The monoisotopic (exact) mass is 312 g/mol. The number of nitrogens with zero attached hydrogens (tertiary/aromatic N) is 2. The van der Waals surface area contributed by atoms with Crippen LogP contribution in [0, 0.1) is 0 Å². The van der Waals surface area contributed by atoms with Gasteiger partial charge in [-0.15, -0.1) is 0 Å². The van der Waals surface area contributed by atoms with Gasteiger partial charge in [-0.1, -0.05) is 25.3 Å². The first-order chi connectivity index (χ1) is 11.3. The molecule has 2 heterocycles. The number of nitrogens with one attached hydrogen (secondary N) is 1. The molecular weight excluding hydrogens is 290 g/mol. The summed E-state index contributed by atoms with van der Waals surface area (Å²) < 4.78 is 3.57. The normalized spacial score (nSPS) is 21.3. The minimum absolute atomic E-state index is 0.0605. The van der Waals surface area contributed by atoms with E-state index >= 15 is 0 Å². The fourth-order valence-electron chi connectivity index (χ4n) is 4.14. The molecule has 1 unspecified atom stereocenters. The molecule has 0 amide bonds. The lowest BCUT2D eigenvalue weighted by Crippen LogP contribution is -2.43. The maximum absolute atomic E-state index is 12.9. The third kappa shape index (κ3) is 2.44. The first-order valence-corrected chi connectivity index (χ1v) is 8.59. The summed E-state index contributed by atoms with van der Waals surface area (Å²) in [5.74, 6) is 0. The van der Waals surface area contributed by atoms with Gasteiger partial charge in [0.25, 0.3) is 5.56 Å². The molecule has 23 heavy (non-hydrogen) atoms. The number of pyridine rings is 1. The first kappa shape index (κ1) is 14.4. The van der Waals surface area contributed by atoms with Crippen LogP contribution in [0.3, 0.4) is 0 Å². The number of aromatic nitrogens is 3. The second-order valence-corrected chi connectivity index (χ2v) is 6.67. The van der Waals surface area contributed by atoms with Gasteiger partial charge in [-0.05, 0) is 19.3 Å². The fourth-order valence-corrected chi connectivity index (χ4v) is 4.14. The third-order valence-electron chi connectivity index (χ3n) is 5.30. The Bertz CT molecular complexity index is 816. The predicted octanol–water partition coefficient (Wildman–Crippen LogP) is 1.86. The molecule has 2 aliphatic carbocycles. The maximum atomic E-state index is 12.9. The van der Waals surface area contributed by atoms with Crippen molar-refractivity contribution in [2.24, 2.45) is 0 Å². The second-order valence-electron chi connectivity index (χ2n) is 6.67. The largest absolute Gasteiger partial charge is 0.329 e. The van der Waals surface area contributed by atoms with Crippen LogP contribution in [0.15, 0.2) is 40.2 Å². The Kier molecular flexibility index (Phi) is 3.63. The summed E-state index contributed by atoms with van der Waals surface area (Å²) in [7, 11) is 0. The van der Waals surface area contributed by atoms with Gasteiger partial charge in [0.1, 0.15) is 0 Å². The van der Waals surface area contributed by atoms with Crippen LogP contribution < -0.4 is 15.8 Å². The zero-order valence-electron chi connectivity index (χ0n) is 13.2. The Morgan fingerprint density at radius 3 is 2.48 bits per heavy atom. The molecular formula is C18H22N3O2+. The molecule has 2 aliphatic rings. The quantitative estimate of drug-likeness (QED) is 0.861. The molecule has 1 N–H and O–H groups in total. The van der Waals surface area contributed by atoms with Crippen LogP contribution in [0.25, 0.3) is 0 Å². The van der Waals surface area contributed by atoms with E-state index < -0.39 is 0 Å². The second kappa shape index (κ2) is 5.80. The van der Waals surface area contributed by atoms with Crippen LogP contribution in [-0.2, 0) is 6.42 Å². The highest BCUT2D eigenvalue weighted by molar-refractivity contribution is 5.24. The number of H-pyrrole nitrogens is 1. The van der Waals surface area contributed by atoms with Gasteiger partial charge in [-0.2, -0.15) is 4.57 Å². The molecule has 1 fully saturated rings. The highest BCUT2D eigenvalue weighted by Crippen LogP contribution is 2.28. The van der Waals surface area contributed by atoms with Crippen molar-refractivity contribution in [3.05, 3.63) is 62.7 Å². The van der Waals surface area contributed by atoms with E-state index in [4.69, 9.17) is 0 Å². The highest BCUT2D eigenvalue weighted by atomic mass is 16.2. The SMILES string of the molecule is O=c1[nH]c2c(c(=O)n1C1CCCCC1)CCC2[n+]1ccccc1. The van der Waals surface area contributed by atoms with Crippen molar-refractivity contribution in [2.45, 2.75) is 57.0 Å². The molecule has 4 rings (SSSR count). The lowest BCUT2D eigenvalue weighted by Gasteiger charge is -2.23. The van der Waals surface area contributed by atoms with Crippen molar-refractivity contribution in [3.63, 3.8) is 0 Å². The summed E-state index contributed by atoms with van der Waals surface area (Å²) in [6.45, 7) is 0. The van der Waals surface area contributed by atoms with Gasteiger partial charge < -0.3 is 4.98 Å². The zero-order chi connectivity index (χ0) is 15.8. The van der Waals surface area contributed by atoms with Crippen molar-refractivity contribution in [1.29, 1.82) is 0 Å². The van der Waals surface area contributed by atoms with Crippen LogP contribution in [0.2, 0.25) is 0 Å². The Morgan fingerprint density at radius 2 is 1.74 bits per heavy atom. The van der Waals surface area contributed by atoms with E-state index in [2.05, 4.69) is 9.55 Å². The Balaban J connectivity index is 1.79. The van der Waals surface area contributed by atoms with Crippen molar-refractivity contribution >= 4 is 0 Å². The predicted molar refractivity (Wildman–Crippen MR) is 86.5 cm³/mol. The van der Waals surface area contributed by atoms with Gasteiger partial charge in [-0.25, -0.2) is 4.79 Å². The molecule has 0 spiro atoms. The number of fused-ring (bicyclic) bond motifs is 1. The first-order valence-electron chi connectivity index (χ1n) is 8.59. The molecule has 5 nitrogen and oxygen atoms in total. The van der Waals surface area contributed by atoms with E-state index in [0.29, 0.717) is 0 Å². The molecule has 0 aromatic carbocycles. The Hall–Kier alpha value is -2.17. The zero-order valence-corrected chi connectivity index (χ0v) is 13.2. The van der Waals surface area contributed by atoms with Crippen LogP contribution in [-0.4, -0.2) is 9.55 Å².